The molecule has 9 heteroatoms. The lowest BCUT2D eigenvalue weighted by Crippen LogP contribution is -2.34. The highest BCUT2D eigenvalue weighted by Crippen LogP contribution is 2.35. The Morgan fingerprint density at radius 1 is 1.21 bits per heavy atom. The van der Waals surface area contributed by atoms with Crippen LogP contribution in [0.3, 0.4) is 0 Å². The molecule has 0 atom stereocenters. The van der Waals surface area contributed by atoms with Crippen molar-refractivity contribution in [2.24, 2.45) is 0 Å². The van der Waals surface area contributed by atoms with Crippen LogP contribution >= 0.6 is 22.7 Å². The van der Waals surface area contributed by atoms with Gasteiger partial charge in [0.05, 0.1) is 15.3 Å². The molecule has 0 aliphatic heterocycles. The summed E-state index contributed by atoms with van der Waals surface area (Å²) in [7, 11) is -2.23. The van der Waals surface area contributed by atoms with E-state index in [4.69, 9.17) is 0 Å². The lowest BCUT2D eigenvalue weighted by Gasteiger charge is -2.17. The van der Waals surface area contributed by atoms with Crippen molar-refractivity contribution in [2.75, 3.05) is 30.8 Å². The molecule has 6 nitrogen and oxygen atoms in total. The molecule has 0 bridgehead atoms. The maximum absolute atomic E-state index is 12.5. The Labute approximate surface area is 151 Å². The Bertz CT molecular complexity index is 775. The van der Waals surface area contributed by atoms with Crippen LogP contribution in [0.4, 0.5) is 5.13 Å². The molecule has 2 heterocycles. The Hall–Kier alpha value is -1.19. The third-order valence-corrected chi connectivity index (χ3v) is 7.80. The summed E-state index contributed by atoms with van der Waals surface area (Å²) in [5.41, 5.74) is 0. The number of hydrogen-bond acceptors (Lipinski definition) is 7. The summed E-state index contributed by atoms with van der Waals surface area (Å²) >= 11 is 2.78. The van der Waals surface area contributed by atoms with E-state index < -0.39 is 15.9 Å². The first-order valence-corrected chi connectivity index (χ1v) is 11.2. The van der Waals surface area contributed by atoms with Gasteiger partial charge in [-0.25, -0.2) is 17.7 Å². The highest BCUT2D eigenvalue weighted by Gasteiger charge is 2.26. The van der Waals surface area contributed by atoms with Crippen LogP contribution in [0.1, 0.15) is 43.3 Å². The van der Waals surface area contributed by atoms with Crippen LogP contribution in [0.15, 0.2) is 6.07 Å². The fraction of sp³-hybridized carbons (Fsp3) is 0.600. The van der Waals surface area contributed by atoms with Crippen LogP contribution in [-0.2, 0) is 10.0 Å². The maximum Gasteiger partial charge on any atom is 0.277 e. The number of aromatic nitrogens is 1. The highest BCUT2D eigenvalue weighted by molar-refractivity contribution is 7.89. The van der Waals surface area contributed by atoms with Crippen LogP contribution in [0.2, 0.25) is 0 Å². The zero-order valence-corrected chi connectivity index (χ0v) is 16.9. The molecule has 0 spiro atoms. The summed E-state index contributed by atoms with van der Waals surface area (Å²) in [6.45, 7) is 7.82. The first-order chi connectivity index (χ1) is 11.3. The Kier molecular flexibility index (Phi) is 6.22. The predicted molar refractivity (Wildman–Crippen MR) is 102 cm³/mol. The van der Waals surface area contributed by atoms with Crippen LogP contribution in [0.5, 0.6) is 0 Å². The standard InChI is InChI=1S/C15H23N3O3S3/c1-5-8-9-24(20,21)17(4)14(19)12-10-11-13(22-12)16-15(23-11)18(6-2)7-3/h10H,5-9H2,1-4H3. The molecule has 2 aromatic heterocycles. The Morgan fingerprint density at radius 3 is 2.42 bits per heavy atom. The van der Waals surface area contributed by atoms with E-state index in [1.54, 1.807) is 6.07 Å². The minimum absolute atomic E-state index is 0.00413. The van der Waals surface area contributed by atoms with Gasteiger partial charge in [-0.2, -0.15) is 0 Å². The Balaban J connectivity index is 2.23. The first kappa shape index (κ1) is 19.1. The molecule has 0 aromatic carbocycles. The molecular formula is C15H23N3O3S3. The summed E-state index contributed by atoms with van der Waals surface area (Å²) in [6.07, 6.45) is 1.32. The number of nitrogens with zero attached hydrogens (tertiary/aromatic N) is 3. The number of fused-ring (bicyclic) bond motifs is 1. The summed E-state index contributed by atoms with van der Waals surface area (Å²) in [6, 6.07) is 1.75. The second-order valence-corrected chi connectivity index (χ2v) is 9.55. The topological polar surface area (TPSA) is 70.6 Å². The van der Waals surface area contributed by atoms with Gasteiger partial charge in [-0.05, 0) is 26.3 Å². The molecular weight excluding hydrogens is 366 g/mol. The zero-order chi connectivity index (χ0) is 17.9. The lowest BCUT2D eigenvalue weighted by atomic mass is 10.4. The van der Waals surface area contributed by atoms with Gasteiger partial charge in [0.2, 0.25) is 10.0 Å². The second kappa shape index (κ2) is 7.79. The van der Waals surface area contributed by atoms with Crippen molar-refractivity contribution in [1.82, 2.24) is 9.29 Å². The number of thiazole rings is 1. The van der Waals surface area contributed by atoms with Gasteiger partial charge in [0.1, 0.15) is 4.83 Å². The molecule has 0 saturated heterocycles. The molecule has 0 fully saturated rings. The van der Waals surface area contributed by atoms with Gasteiger partial charge in [-0.1, -0.05) is 24.7 Å². The van der Waals surface area contributed by atoms with Gasteiger partial charge in [0.25, 0.3) is 5.91 Å². The first-order valence-electron chi connectivity index (χ1n) is 8.00. The minimum atomic E-state index is -3.55. The third kappa shape index (κ3) is 3.89. The normalized spacial score (nSPS) is 11.8. The number of sulfonamides is 1. The van der Waals surface area contributed by atoms with Crippen LogP contribution in [0.25, 0.3) is 9.53 Å². The van der Waals surface area contributed by atoms with E-state index in [9.17, 15) is 13.2 Å². The Morgan fingerprint density at radius 2 is 1.88 bits per heavy atom. The molecule has 0 aliphatic rings. The monoisotopic (exact) mass is 389 g/mol. The van der Waals surface area contributed by atoms with Gasteiger partial charge in [0.15, 0.2) is 5.13 Å². The van der Waals surface area contributed by atoms with E-state index >= 15 is 0 Å². The average molecular weight is 390 g/mol. The number of carbonyl (C=O) groups is 1. The van der Waals surface area contributed by atoms with Gasteiger partial charge in [-0.15, -0.1) is 11.3 Å². The van der Waals surface area contributed by atoms with Crippen molar-refractivity contribution in [2.45, 2.75) is 33.6 Å². The summed E-state index contributed by atoms with van der Waals surface area (Å²) in [5.74, 6) is -0.485. The fourth-order valence-corrected chi connectivity index (χ4v) is 5.85. The molecule has 2 aromatic rings. The average Bonchev–Trinajstić information content (AvgIpc) is 3.11. The number of amides is 1. The molecule has 24 heavy (non-hydrogen) atoms. The maximum atomic E-state index is 12.5. The summed E-state index contributed by atoms with van der Waals surface area (Å²) in [5, 5.41) is 0.934. The third-order valence-electron chi connectivity index (χ3n) is 3.78. The fourth-order valence-electron chi connectivity index (χ4n) is 2.20. The minimum Gasteiger partial charge on any atom is -0.349 e. The molecule has 0 N–H and O–H groups in total. The largest absolute Gasteiger partial charge is 0.349 e. The quantitative estimate of drug-likeness (QED) is 0.692. The molecule has 2 rings (SSSR count). The number of carbonyl (C=O) groups excluding carboxylic acids is 1. The molecule has 1 amide bonds. The molecule has 0 aliphatic carbocycles. The lowest BCUT2D eigenvalue weighted by molar-refractivity contribution is 0.0887. The number of rotatable bonds is 8. The highest BCUT2D eigenvalue weighted by atomic mass is 32.2. The molecule has 0 radical (unpaired) electrons. The summed E-state index contributed by atoms with van der Waals surface area (Å²) in [4.78, 5) is 20.4. The zero-order valence-electron chi connectivity index (χ0n) is 14.4. The van der Waals surface area contributed by atoms with Crippen molar-refractivity contribution < 1.29 is 13.2 Å². The van der Waals surface area contributed by atoms with E-state index in [-0.39, 0.29) is 5.75 Å². The smallest absolute Gasteiger partial charge is 0.277 e. The van der Waals surface area contributed by atoms with Crippen molar-refractivity contribution in [3.05, 3.63) is 10.9 Å². The van der Waals surface area contributed by atoms with Gasteiger partial charge in [0, 0.05) is 20.1 Å². The van der Waals surface area contributed by atoms with Gasteiger partial charge < -0.3 is 4.90 Å². The van der Waals surface area contributed by atoms with E-state index in [2.05, 4.69) is 23.7 Å². The van der Waals surface area contributed by atoms with E-state index in [0.29, 0.717) is 11.3 Å². The number of anilines is 1. The summed E-state index contributed by atoms with van der Waals surface area (Å²) < 4.78 is 26.1. The van der Waals surface area contributed by atoms with Crippen molar-refractivity contribution in [3.63, 3.8) is 0 Å². The van der Waals surface area contributed by atoms with Crippen LogP contribution in [0, 0.1) is 0 Å². The predicted octanol–water partition coefficient (Wildman–Crippen LogP) is 3.41. The number of hydrogen-bond donors (Lipinski definition) is 0. The van der Waals surface area contributed by atoms with E-state index in [1.165, 1.54) is 29.7 Å². The van der Waals surface area contributed by atoms with Crippen LogP contribution in [-0.4, -0.2) is 49.5 Å². The van der Waals surface area contributed by atoms with Crippen LogP contribution < -0.4 is 4.90 Å². The molecule has 134 valence electrons. The van der Waals surface area contributed by atoms with Gasteiger partial charge in [-0.3, -0.25) is 4.79 Å². The van der Waals surface area contributed by atoms with Crippen molar-refractivity contribution in [3.8, 4) is 0 Å². The number of thiophene rings is 1. The van der Waals surface area contributed by atoms with E-state index in [1.807, 2.05) is 6.92 Å². The van der Waals surface area contributed by atoms with Crippen molar-refractivity contribution >= 4 is 53.3 Å². The second-order valence-electron chi connectivity index (χ2n) is 5.39. The van der Waals surface area contributed by atoms with Gasteiger partial charge >= 0.3 is 0 Å². The van der Waals surface area contributed by atoms with Crippen molar-refractivity contribution in [1.29, 1.82) is 0 Å². The molecule has 0 saturated carbocycles. The SMILES string of the molecule is CCCCS(=O)(=O)N(C)C(=O)c1cc2sc(N(CC)CC)nc2s1. The number of unbranched alkanes of at least 4 members (excludes halogenated alkanes) is 1. The van der Waals surface area contributed by atoms with E-state index in [0.717, 1.165) is 38.5 Å². The molecule has 0 unspecified atom stereocenters.